The number of aliphatic imine (C=N–C) groups is 1. The normalized spacial score (nSPS) is 11.6. The zero-order chi connectivity index (χ0) is 12.0. The second-order valence-corrected chi connectivity index (χ2v) is 3.56. The second kappa shape index (κ2) is 6.00. The topological polar surface area (TPSA) is 51.5 Å². The van der Waals surface area contributed by atoms with Crippen LogP contribution >= 0.6 is 0 Å². The summed E-state index contributed by atoms with van der Waals surface area (Å²) >= 11 is 0. The first-order chi connectivity index (χ1) is 7.63. The molecule has 0 aliphatic heterocycles. The second-order valence-electron chi connectivity index (χ2n) is 3.56. The number of amides is 1. The smallest absolute Gasteiger partial charge is 0.434 e. The summed E-state index contributed by atoms with van der Waals surface area (Å²) in [4.78, 5) is 19.4. The molecule has 1 rings (SSSR count). The third kappa shape index (κ3) is 3.81. The Morgan fingerprint density at radius 1 is 1.50 bits per heavy atom. The maximum Gasteiger partial charge on any atom is 0.434 e. The molecule has 0 aliphatic rings. The molecule has 0 N–H and O–H groups in total. The standard InChI is InChI=1S/C12H16N2O2/c1-4-10(11-7-5-6-8-13-11)14-12(15)16-9(2)3/h5-9H,4H2,1-3H3/b14-10-. The zero-order valence-electron chi connectivity index (χ0n) is 9.80. The summed E-state index contributed by atoms with van der Waals surface area (Å²) in [6.07, 6.45) is 1.61. The lowest BCUT2D eigenvalue weighted by Gasteiger charge is -2.06. The molecule has 1 heterocycles. The predicted molar refractivity (Wildman–Crippen MR) is 62.7 cm³/mol. The van der Waals surface area contributed by atoms with Crippen LogP contribution in [0.15, 0.2) is 29.4 Å². The van der Waals surface area contributed by atoms with Crippen molar-refractivity contribution in [1.82, 2.24) is 4.98 Å². The molecule has 0 bridgehead atoms. The van der Waals surface area contributed by atoms with Gasteiger partial charge in [0.15, 0.2) is 0 Å². The summed E-state index contributed by atoms with van der Waals surface area (Å²) in [5.74, 6) is 0. The van der Waals surface area contributed by atoms with Crippen molar-refractivity contribution in [3.63, 3.8) is 0 Å². The van der Waals surface area contributed by atoms with Crippen LogP contribution in [0, 0.1) is 0 Å². The maximum atomic E-state index is 11.4. The summed E-state index contributed by atoms with van der Waals surface area (Å²) in [5.41, 5.74) is 1.36. The van der Waals surface area contributed by atoms with E-state index < -0.39 is 6.09 Å². The van der Waals surface area contributed by atoms with Gasteiger partial charge in [-0.1, -0.05) is 13.0 Å². The van der Waals surface area contributed by atoms with Crippen LogP contribution in [0.3, 0.4) is 0 Å². The van der Waals surface area contributed by atoms with Gasteiger partial charge >= 0.3 is 6.09 Å². The molecule has 1 aromatic rings. The highest BCUT2D eigenvalue weighted by Crippen LogP contribution is 2.03. The predicted octanol–water partition coefficient (Wildman–Crippen LogP) is 2.83. The van der Waals surface area contributed by atoms with Gasteiger partial charge in [0.1, 0.15) is 0 Å². The molecule has 86 valence electrons. The first-order valence-electron chi connectivity index (χ1n) is 5.33. The van der Waals surface area contributed by atoms with E-state index in [1.54, 1.807) is 20.0 Å². The Kier molecular flexibility index (Phi) is 4.64. The molecule has 0 atom stereocenters. The quantitative estimate of drug-likeness (QED) is 0.736. The van der Waals surface area contributed by atoms with Gasteiger partial charge in [0.05, 0.1) is 17.5 Å². The highest BCUT2D eigenvalue weighted by atomic mass is 16.6. The van der Waals surface area contributed by atoms with E-state index in [0.717, 1.165) is 0 Å². The van der Waals surface area contributed by atoms with Gasteiger partial charge in [0, 0.05) is 6.20 Å². The van der Waals surface area contributed by atoms with Gasteiger partial charge in [0.25, 0.3) is 0 Å². The molecule has 4 nitrogen and oxygen atoms in total. The van der Waals surface area contributed by atoms with E-state index in [9.17, 15) is 4.79 Å². The summed E-state index contributed by atoms with van der Waals surface area (Å²) in [6.45, 7) is 5.51. The number of carbonyl (C=O) groups excluding carboxylic acids is 1. The number of hydrogen-bond acceptors (Lipinski definition) is 3. The molecule has 0 radical (unpaired) electrons. The lowest BCUT2D eigenvalue weighted by Crippen LogP contribution is -2.11. The Labute approximate surface area is 95.4 Å². The monoisotopic (exact) mass is 220 g/mol. The van der Waals surface area contributed by atoms with E-state index in [2.05, 4.69) is 9.98 Å². The van der Waals surface area contributed by atoms with Crippen molar-refractivity contribution in [3.05, 3.63) is 30.1 Å². The van der Waals surface area contributed by atoms with Gasteiger partial charge in [-0.3, -0.25) is 4.98 Å². The van der Waals surface area contributed by atoms with E-state index >= 15 is 0 Å². The molecule has 16 heavy (non-hydrogen) atoms. The largest absolute Gasteiger partial charge is 0.445 e. The zero-order valence-corrected chi connectivity index (χ0v) is 9.80. The first-order valence-corrected chi connectivity index (χ1v) is 5.33. The van der Waals surface area contributed by atoms with Gasteiger partial charge in [-0.05, 0) is 32.4 Å². The summed E-state index contributed by atoms with van der Waals surface area (Å²) in [6, 6.07) is 5.51. The van der Waals surface area contributed by atoms with Gasteiger partial charge in [-0.25, -0.2) is 4.79 Å². The number of hydrogen-bond donors (Lipinski definition) is 0. The van der Waals surface area contributed by atoms with Crippen molar-refractivity contribution in [1.29, 1.82) is 0 Å². The number of pyridine rings is 1. The van der Waals surface area contributed by atoms with Crippen LogP contribution in [0.4, 0.5) is 4.79 Å². The van der Waals surface area contributed by atoms with Gasteiger partial charge in [-0.2, -0.15) is 4.99 Å². The highest BCUT2D eigenvalue weighted by Gasteiger charge is 2.07. The lowest BCUT2D eigenvalue weighted by molar-refractivity contribution is 0.126. The van der Waals surface area contributed by atoms with Crippen molar-refractivity contribution in [3.8, 4) is 0 Å². The Balaban J connectivity index is 2.82. The average Bonchev–Trinajstić information content (AvgIpc) is 2.26. The van der Waals surface area contributed by atoms with E-state index in [1.807, 2.05) is 25.1 Å². The Morgan fingerprint density at radius 2 is 2.25 bits per heavy atom. The third-order valence-corrected chi connectivity index (χ3v) is 1.86. The van der Waals surface area contributed by atoms with Crippen LogP contribution in [0.5, 0.6) is 0 Å². The number of aromatic nitrogens is 1. The molecule has 4 heteroatoms. The number of nitrogens with zero attached hydrogens (tertiary/aromatic N) is 2. The highest BCUT2D eigenvalue weighted by molar-refractivity contribution is 6.03. The Morgan fingerprint density at radius 3 is 2.75 bits per heavy atom. The molecule has 0 unspecified atom stereocenters. The fourth-order valence-electron chi connectivity index (χ4n) is 1.19. The molecule has 0 aromatic carbocycles. The fourth-order valence-corrected chi connectivity index (χ4v) is 1.19. The maximum absolute atomic E-state index is 11.4. The fraction of sp³-hybridized carbons (Fsp3) is 0.417. The first kappa shape index (κ1) is 12.4. The van der Waals surface area contributed by atoms with Gasteiger partial charge in [0.2, 0.25) is 0 Å². The SMILES string of the molecule is CC/C(=N/C(=O)OC(C)C)c1ccccn1. The van der Waals surface area contributed by atoms with Crippen LogP contribution in [-0.2, 0) is 4.74 Å². The minimum absolute atomic E-state index is 0.155. The van der Waals surface area contributed by atoms with Crippen molar-refractivity contribution in [2.24, 2.45) is 4.99 Å². The Bertz CT molecular complexity index is 372. The average molecular weight is 220 g/mol. The third-order valence-electron chi connectivity index (χ3n) is 1.86. The van der Waals surface area contributed by atoms with Gasteiger partial charge in [-0.15, -0.1) is 0 Å². The number of ether oxygens (including phenoxy) is 1. The molecule has 0 spiro atoms. The summed E-state index contributed by atoms with van der Waals surface area (Å²) in [5, 5.41) is 0. The Hall–Kier alpha value is -1.71. The lowest BCUT2D eigenvalue weighted by atomic mass is 10.2. The molecule has 0 fully saturated rings. The van der Waals surface area contributed by atoms with E-state index in [1.165, 1.54) is 0 Å². The molecule has 1 amide bonds. The molecule has 0 aliphatic carbocycles. The van der Waals surface area contributed by atoms with Crippen LogP contribution in [0.25, 0.3) is 0 Å². The van der Waals surface area contributed by atoms with Crippen molar-refractivity contribution < 1.29 is 9.53 Å². The summed E-state index contributed by atoms with van der Waals surface area (Å²) in [7, 11) is 0. The van der Waals surface area contributed by atoms with E-state index in [0.29, 0.717) is 17.8 Å². The van der Waals surface area contributed by atoms with Crippen molar-refractivity contribution in [2.75, 3.05) is 0 Å². The van der Waals surface area contributed by atoms with Crippen LogP contribution in [0.1, 0.15) is 32.9 Å². The molecule has 0 saturated heterocycles. The number of rotatable bonds is 3. The van der Waals surface area contributed by atoms with Gasteiger partial charge < -0.3 is 4.74 Å². The summed E-state index contributed by atoms with van der Waals surface area (Å²) < 4.78 is 4.95. The molecule has 1 aromatic heterocycles. The van der Waals surface area contributed by atoms with Crippen LogP contribution in [0.2, 0.25) is 0 Å². The van der Waals surface area contributed by atoms with E-state index in [4.69, 9.17) is 4.74 Å². The van der Waals surface area contributed by atoms with Crippen LogP contribution < -0.4 is 0 Å². The minimum atomic E-state index is -0.558. The molecular weight excluding hydrogens is 204 g/mol. The molecular formula is C12H16N2O2. The minimum Gasteiger partial charge on any atom is -0.445 e. The van der Waals surface area contributed by atoms with E-state index in [-0.39, 0.29) is 6.10 Å². The molecule has 0 saturated carbocycles. The van der Waals surface area contributed by atoms with Crippen molar-refractivity contribution in [2.45, 2.75) is 33.3 Å². The van der Waals surface area contributed by atoms with Crippen molar-refractivity contribution >= 4 is 11.8 Å². The number of carbonyl (C=O) groups is 1. The van der Waals surface area contributed by atoms with Crippen LogP contribution in [-0.4, -0.2) is 22.9 Å².